The van der Waals surface area contributed by atoms with Gasteiger partial charge in [-0.25, -0.2) is 9.18 Å². The van der Waals surface area contributed by atoms with Crippen LogP contribution in [0.25, 0.3) is 0 Å². The fourth-order valence-electron chi connectivity index (χ4n) is 1.57. The van der Waals surface area contributed by atoms with E-state index in [1.807, 2.05) is 0 Å². The fourth-order valence-corrected chi connectivity index (χ4v) is 1.57. The SMILES string of the molecule is Cc1ccc(F)cc1C(=O)NC(C(=O)O)C(C)C. The van der Waals surface area contributed by atoms with Gasteiger partial charge in [-0.1, -0.05) is 19.9 Å². The van der Waals surface area contributed by atoms with E-state index in [9.17, 15) is 14.0 Å². The molecular weight excluding hydrogens is 237 g/mol. The van der Waals surface area contributed by atoms with Gasteiger partial charge in [-0.3, -0.25) is 4.79 Å². The number of aryl methyl sites for hydroxylation is 1. The minimum Gasteiger partial charge on any atom is -0.480 e. The van der Waals surface area contributed by atoms with E-state index in [1.54, 1.807) is 20.8 Å². The maximum absolute atomic E-state index is 13.1. The average Bonchev–Trinajstić information content (AvgIpc) is 2.28. The summed E-state index contributed by atoms with van der Waals surface area (Å²) < 4.78 is 13.1. The number of carboxylic acid groups (broad SMARTS) is 1. The van der Waals surface area contributed by atoms with Gasteiger partial charge in [0.2, 0.25) is 0 Å². The van der Waals surface area contributed by atoms with Gasteiger partial charge >= 0.3 is 5.97 Å². The first-order valence-electron chi connectivity index (χ1n) is 5.62. The molecule has 18 heavy (non-hydrogen) atoms. The highest BCUT2D eigenvalue weighted by Crippen LogP contribution is 2.11. The zero-order valence-corrected chi connectivity index (χ0v) is 10.5. The maximum atomic E-state index is 13.1. The lowest BCUT2D eigenvalue weighted by atomic mass is 10.0. The third-order valence-electron chi connectivity index (χ3n) is 2.66. The van der Waals surface area contributed by atoms with Gasteiger partial charge < -0.3 is 10.4 Å². The Morgan fingerprint density at radius 1 is 1.33 bits per heavy atom. The van der Waals surface area contributed by atoms with E-state index in [-0.39, 0.29) is 11.5 Å². The first kappa shape index (κ1) is 14.2. The first-order chi connectivity index (χ1) is 8.32. The summed E-state index contributed by atoms with van der Waals surface area (Å²) >= 11 is 0. The number of hydrogen-bond donors (Lipinski definition) is 2. The largest absolute Gasteiger partial charge is 0.480 e. The average molecular weight is 253 g/mol. The number of halogens is 1. The van der Waals surface area contributed by atoms with Crippen molar-refractivity contribution < 1.29 is 19.1 Å². The second-order valence-electron chi connectivity index (χ2n) is 4.49. The molecule has 0 bridgehead atoms. The highest BCUT2D eigenvalue weighted by atomic mass is 19.1. The molecular formula is C13H16FNO3. The van der Waals surface area contributed by atoms with Gasteiger partial charge in [0.1, 0.15) is 11.9 Å². The molecule has 2 N–H and O–H groups in total. The summed E-state index contributed by atoms with van der Waals surface area (Å²) in [5, 5.41) is 11.4. The van der Waals surface area contributed by atoms with Crippen LogP contribution in [0, 0.1) is 18.7 Å². The summed E-state index contributed by atoms with van der Waals surface area (Å²) in [6, 6.07) is 2.85. The van der Waals surface area contributed by atoms with Crippen LogP contribution in [0.1, 0.15) is 29.8 Å². The third-order valence-corrected chi connectivity index (χ3v) is 2.66. The summed E-state index contributed by atoms with van der Waals surface area (Å²) in [6.45, 7) is 5.05. The van der Waals surface area contributed by atoms with Crippen molar-refractivity contribution in [3.8, 4) is 0 Å². The van der Waals surface area contributed by atoms with E-state index in [0.29, 0.717) is 5.56 Å². The molecule has 0 aliphatic rings. The van der Waals surface area contributed by atoms with Crippen molar-refractivity contribution in [1.82, 2.24) is 5.32 Å². The molecule has 0 saturated carbocycles. The predicted molar refractivity (Wildman–Crippen MR) is 64.9 cm³/mol. The number of benzene rings is 1. The molecule has 98 valence electrons. The van der Waals surface area contributed by atoms with Crippen molar-refractivity contribution in [3.05, 3.63) is 35.1 Å². The zero-order chi connectivity index (χ0) is 13.9. The van der Waals surface area contributed by atoms with E-state index in [2.05, 4.69) is 5.32 Å². The highest BCUT2D eigenvalue weighted by Gasteiger charge is 2.24. The van der Waals surface area contributed by atoms with Crippen LogP contribution in [-0.4, -0.2) is 23.0 Å². The van der Waals surface area contributed by atoms with Gasteiger partial charge in [0.25, 0.3) is 5.91 Å². The van der Waals surface area contributed by atoms with Gasteiger partial charge in [0.05, 0.1) is 0 Å². The van der Waals surface area contributed by atoms with E-state index in [1.165, 1.54) is 12.1 Å². The van der Waals surface area contributed by atoms with Gasteiger partial charge in [-0.05, 0) is 30.5 Å². The summed E-state index contributed by atoms with van der Waals surface area (Å²) in [6.07, 6.45) is 0. The molecule has 0 radical (unpaired) electrons. The Labute approximate surface area is 105 Å². The molecule has 4 nitrogen and oxygen atoms in total. The Balaban J connectivity index is 2.94. The molecule has 0 aliphatic carbocycles. The smallest absolute Gasteiger partial charge is 0.326 e. The molecule has 0 fully saturated rings. The minimum atomic E-state index is -1.10. The second kappa shape index (κ2) is 5.62. The molecule has 1 aromatic carbocycles. The van der Waals surface area contributed by atoms with Crippen molar-refractivity contribution >= 4 is 11.9 Å². The maximum Gasteiger partial charge on any atom is 0.326 e. The number of nitrogens with one attached hydrogen (secondary N) is 1. The number of carbonyl (C=O) groups is 2. The second-order valence-corrected chi connectivity index (χ2v) is 4.49. The summed E-state index contributed by atoms with van der Waals surface area (Å²) in [7, 11) is 0. The molecule has 1 amide bonds. The number of hydrogen-bond acceptors (Lipinski definition) is 2. The molecule has 1 unspecified atom stereocenters. The normalized spacial score (nSPS) is 12.3. The van der Waals surface area contributed by atoms with Crippen molar-refractivity contribution in [1.29, 1.82) is 0 Å². The molecule has 1 atom stereocenters. The number of aliphatic carboxylic acids is 1. The minimum absolute atomic E-state index is 0.155. The van der Waals surface area contributed by atoms with E-state index >= 15 is 0 Å². The number of rotatable bonds is 4. The Kier molecular flexibility index (Phi) is 4.42. The topological polar surface area (TPSA) is 66.4 Å². The zero-order valence-electron chi connectivity index (χ0n) is 10.5. The quantitative estimate of drug-likeness (QED) is 0.862. The molecule has 0 heterocycles. The van der Waals surface area contributed by atoms with Crippen LogP contribution in [-0.2, 0) is 4.79 Å². The van der Waals surface area contributed by atoms with Crippen LogP contribution in [0.4, 0.5) is 4.39 Å². The van der Waals surface area contributed by atoms with Crippen LogP contribution in [0.5, 0.6) is 0 Å². The molecule has 0 spiro atoms. The molecule has 1 rings (SSSR count). The molecule has 0 aromatic heterocycles. The van der Waals surface area contributed by atoms with Crippen LogP contribution >= 0.6 is 0 Å². The Morgan fingerprint density at radius 3 is 2.44 bits per heavy atom. The van der Waals surface area contributed by atoms with Crippen LogP contribution < -0.4 is 5.32 Å². The monoisotopic (exact) mass is 253 g/mol. The van der Waals surface area contributed by atoms with Gasteiger partial charge in [0, 0.05) is 5.56 Å². The lowest BCUT2D eigenvalue weighted by Crippen LogP contribution is -2.44. The molecule has 0 aliphatic heterocycles. The summed E-state index contributed by atoms with van der Waals surface area (Å²) in [5.41, 5.74) is 0.753. The Morgan fingerprint density at radius 2 is 1.94 bits per heavy atom. The standard InChI is InChI=1S/C13H16FNO3/c1-7(2)11(13(17)18)15-12(16)10-6-9(14)5-4-8(10)3/h4-7,11H,1-3H3,(H,15,16)(H,17,18). The Bertz CT molecular complexity index is 471. The van der Waals surface area contributed by atoms with E-state index in [4.69, 9.17) is 5.11 Å². The van der Waals surface area contributed by atoms with Crippen molar-refractivity contribution in [3.63, 3.8) is 0 Å². The first-order valence-corrected chi connectivity index (χ1v) is 5.62. The van der Waals surface area contributed by atoms with E-state index < -0.39 is 23.7 Å². The van der Waals surface area contributed by atoms with Gasteiger partial charge in [-0.15, -0.1) is 0 Å². The van der Waals surface area contributed by atoms with Gasteiger partial charge in [-0.2, -0.15) is 0 Å². The van der Waals surface area contributed by atoms with Crippen molar-refractivity contribution in [2.45, 2.75) is 26.8 Å². The Hall–Kier alpha value is -1.91. The lowest BCUT2D eigenvalue weighted by molar-refractivity contribution is -0.140. The number of carboxylic acids is 1. The predicted octanol–water partition coefficient (Wildman–Crippen LogP) is 1.97. The lowest BCUT2D eigenvalue weighted by Gasteiger charge is -2.18. The van der Waals surface area contributed by atoms with Gasteiger partial charge in [0.15, 0.2) is 0 Å². The molecule has 5 heteroatoms. The number of amides is 1. The number of carbonyl (C=O) groups excluding carboxylic acids is 1. The fraction of sp³-hybridized carbons (Fsp3) is 0.385. The summed E-state index contributed by atoms with van der Waals surface area (Å²) in [4.78, 5) is 22.9. The van der Waals surface area contributed by atoms with Crippen LogP contribution in [0.15, 0.2) is 18.2 Å². The highest BCUT2D eigenvalue weighted by molar-refractivity contribution is 5.97. The third kappa shape index (κ3) is 3.29. The molecule has 0 saturated heterocycles. The molecule has 1 aromatic rings. The van der Waals surface area contributed by atoms with E-state index in [0.717, 1.165) is 6.07 Å². The summed E-state index contributed by atoms with van der Waals surface area (Å²) in [5.74, 6) is -2.46. The van der Waals surface area contributed by atoms with Crippen LogP contribution in [0.2, 0.25) is 0 Å². The van der Waals surface area contributed by atoms with Crippen molar-refractivity contribution in [2.75, 3.05) is 0 Å². The van der Waals surface area contributed by atoms with Crippen molar-refractivity contribution in [2.24, 2.45) is 5.92 Å². The van der Waals surface area contributed by atoms with Crippen LogP contribution in [0.3, 0.4) is 0 Å².